The Labute approximate surface area is 134 Å². The fourth-order valence-corrected chi connectivity index (χ4v) is 2.92. The van der Waals surface area contributed by atoms with E-state index in [2.05, 4.69) is 22.3 Å². The van der Waals surface area contributed by atoms with Crippen LogP contribution in [0.15, 0.2) is 24.3 Å². The van der Waals surface area contributed by atoms with Crippen molar-refractivity contribution in [2.75, 3.05) is 6.54 Å². The van der Waals surface area contributed by atoms with E-state index >= 15 is 0 Å². The third-order valence-electron chi connectivity index (χ3n) is 3.94. The van der Waals surface area contributed by atoms with Crippen LogP contribution >= 0.6 is 11.6 Å². The summed E-state index contributed by atoms with van der Waals surface area (Å²) >= 11 is 5.96. The maximum absolute atomic E-state index is 12.4. The van der Waals surface area contributed by atoms with E-state index in [4.69, 9.17) is 11.6 Å². The SMILES string of the molecule is C[C@H]1CCCCN1C(=O)Cn1nnc(-c2cccc(Cl)c2)n1. The van der Waals surface area contributed by atoms with E-state index in [1.54, 1.807) is 12.1 Å². The number of tetrazole rings is 1. The minimum atomic E-state index is 0.0437. The zero-order valence-corrected chi connectivity index (χ0v) is 13.2. The topological polar surface area (TPSA) is 63.9 Å². The van der Waals surface area contributed by atoms with Gasteiger partial charge in [0.2, 0.25) is 11.7 Å². The molecule has 3 rings (SSSR count). The number of carbonyl (C=O) groups is 1. The van der Waals surface area contributed by atoms with Gasteiger partial charge in [0.25, 0.3) is 0 Å². The van der Waals surface area contributed by atoms with E-state index in [9.17, 15) is 4.79 Å². The lowest BCUT2D eigenvalue weighted by molar-refractivity contribution is -0.135. The van der Waals surface area contributed by atoms with Gasteiger partial charge in [-0.2, -0.15) is 4.80 Å². The molecule has 2 aromatic rings. The van der Waals surface area contributed by atoms with Crippen molar-refractivity contribution >= 4 is 17.5 Å². The molecule has 1 fully saturated rings. The van der Waals surface area contributed by atoms with Gasteiger partial charge in [0.05, 0.1) is 0 Å². The second-order valence-corrected chi connectivity index (χ2v) is 6.02. The van der Waals surface area contributed by atoms with Gasteiger partial charge in [-0.25, -0.2) is 0 Å². The van der Waals surface area contributed by atoms with Gasteiger partial charge in [-0.15, -0.1) is 10.2 Å². The monoisotopic (exact) mass is 319 g/mol. The van der Waals surface area contributed by atoms with Crippen molar-refractivity contribution in [3.05, 3.63) is 29.3 Å². The van der Waals surface area contributed by atoms with E-state index in [0.717, 1.165) is 24.9 Å². The molecule has 0 spiro atoms. The summed E-state index contributed by atoms with van der Waals surface area (Å²) < 4.78 is 0. The highest BCUT2D eigenvalue weighted by molar-refractivity contribution is 6.30. The Kier molecular flexibility index (Phi) is 4.38. The van der Waals surface area contributed by atoms with Crippen LogP contribution in [-0.4, -0.2) is 43.6 Å². The molecule has 0 saturated carbocycles. The number of hydrogen-bond donors (Lipinski definition) is 0. The summed E-state index contributed by atoms with van der Waals surface area (Å²) in [6.07, 6.45) is 3.31. The molecule has 1 aliphatic heterocycles. The van der Waals surface area contributed by atoms with Crippen LogP contribution in [0.3, 0.4) is 0 Å². The average molecular weight is 320 g/mol. The smallest absolute Gasteiger partial charge is 0.246 e. The molecule has 7 heteroatoms. The van der Waals surface area contributed by atoms with Gasteiger partial charge in [0.15, 0.2) is 0 Å². The molecular weight excluding hydrogens is 302 g/mol. The summed E-state index contributed by atoms with van der Waals surface area (Å²) in [6.45, 7) is 3.02. The molecule has 1 saturated heterocycles. The van der Waals surface area contributed by atoms with Gasteiger partial charge in [-0.05, 0) is 43.5 Å². The number of halogens is 1. The van der Waals surface area contributed by atoms with E-state index in [-0.39, 0.29) is 18.5 Å². The first-order valence-corrected chi connectivity index (χ1v) is 7.84. The molecule has 0 unspecified atom stereocenters. The van der Waals surface area contributed by atoms with Gasteiger partial charge >= 0.3 is 0 Å². The molecule has 6 nitrogen and oxygen atoms in total. The van der Waals surface area contributed by atoms with E-state index < -0.39 is 0 Å². The number of hydrogen-bond acceptors (Lipinski definition) is 4. The first kappa shape index (κ1) is 15.0. The normalized spacial score (nSPS) is 18.5. The lowest BCUT2D eigenvalue weighted by Gasteiger charge is -2.33. The summed E-state index contributed by atoms with van der Waals surface area (Å²) in [5, 5.41) is 12.9. The van der Waals surface area contributed by atoms with Gasteiger partial charge in [-0.3, -0.25) is 4.79 Å². The van der Waals surface area contributed by atoms with Crippen molar-refractivity contribution in [1.82, 2.24) is 25.1 Å². The minimum absolute atomic E-state index is 0.0437. The van der Waals surface area contributed by atoms with Crippen LogP contribution in [0.1, 0.15) is 26.2 Å². The lowest BCUT2D eigenvalue weighted by Crippen LogP contribution is -2.43. The standard InChI is InChI=1S/C15H18ClN5O/c1-11-5-2-3-8-20(11)14(22)10-21-18-15(17-19-21)12-6-4-7-13(16)9-12/h4,6-7,9,11H,2-3,5,8,10H2,1H3/t11-/m0/s1. The highest BCUT2D eigenvalue weighted by Gasteiger charge is 2.23. The van der Waals surface area contributed by atoms with Crippen LogP contribution in [-0.2, 0) is 11.3 Å². The number of nitrogens with zero attached hydrogens (tertiary/aromatic N) is 5. The summed E-state index contributed by atoms with van der Waals surface area (Å²) in [4.78, 5) is 15.6. The first-order chi connectivity index (χ1) is 10.6. The highest BCUT2D eigenvalue weighted by atomic mass is 35.5. The number of amides is 1. The van der Waals surface area contributed by atoms with Crippen molar-refractivity contribution < 1.29 is 4.79 Å². The summed E-state index contributed by atoms with van der Waals surface area (Å²) in [5.74, 6) is 0.518. The van der Waals surface area contributed by atoms with Crippen molar-refractivity contribution in [1.29, 1.82) is 0 Å². The predicted molar refractivity (Wildman–Crippen MR) is 83.3 cm³/mol. The molecule has 22 heavy (non-hydrogen) atoms. The summed E-state index contributed by atoms with van der Waals surface area (Å²) in [7, 11) is 0. The first-order valence-electron chi connectivity index (χ1n) is 7.47. The van der Waals surface area contributed by atoms with Crippen molar-refractivity contribution in [2.45, 2.75) is 38.8 Å². The highest BCUT2D eigenvalue weighted by Crippen LogP contribution is 2.19. The van der Waals surface area contributed by atoms with Crippen molar-refractivity contribution in [3.8, 4) is 11.4 Å². The molecule has 0 aliphatic carbocycles. The molecule has 1 aliphatic rings. The Hall–Kier alpha value is -1.95. The van der Waals surface area contributed by atoms with Crippen LogP contribution in [0.5, 0.6) is 0 Å². The van der Waals surface area contributed by atoms with E-state index in [1.165, 1.54) is 11.2 Å². The Morgan fingerprint density at radius 1 is 1.41 bits per heavy atom. The Balaban J connectivity index is 1.70. The fraction of sp³-hybridized carbons (Fsp3) is 0.467. The molecule has 1 aromatic carbocycles. The largest absolute Gasteiger partial charge is 0.338 e. The third kappa shape index (κ3) is 3.27. The van der Waals surface area contributed by atoms with Crippen molar-refractivity contribution in [2.24, 2.45) is 0 Å². The molecule has 1 amide bonds. The van der Waals surface area contributed by atoms with Crippen molar-refractivity contribution in [3.63, 3.8) is 0 Å². The zero-order valence-electron chi connectivity index (χ0n) is 12.4. The second-order valence-electron chi connectivity index (χ2n) is 5.59. The molecule has 1 atom stereocenters. The lowest BCUT2D eigenvalue weighted by atomic mass is 10.0. The molecule has 0 radical (unpaired) electrons. The molecule has 0 bridgehead atoms. The number of carbonyl (C=O) groups excluding carboxylic acids is 1. The second kappa shape index (κ2) is 6.44. The Bertz CT molecular complexity index is 671. The third-order valence-corrected chi connectivity index (χ3v) is 4.17. The fourth-order valence-electron chi connectivity index (χ4n) is 2.73. The van der Waals surface area contributed by atoms with Gasteiger partial charge < -0.3 is 4.90 Å². The number of rotatable bonds is 3. The van der Waals surface area contributed by atoms with Gasteiger partial charge in [0.1, 0.15) is 6.54 Å². The molecule has 116 valence electrons. The van der Waals surface area contributed by atoms with Crippen LogP contribution in [0, 0.1) is 0 Å². The van der Waals surface area contributed by atoms with Gasteiger partial charge in [-0.1, -0.05) is 23.7 Å². The average Bonchev–Trinajstić information content (AvgIpc) is 2.96. The maximum Gasteiger partial charge on any atom is 0.246 e. The number of aromatic nitrogens is 4. The van der Waals surface area contributed by atoms with Crippen LogP contribution in [0.4, 0.5) is 0 Å². The van der Waals surface area contributed by atoms with Crippen LogP contribution in [0.25, 0.3) is 11.4 Å². The molecular formula is C15H18ClN5O. The van der Waals surface area contributed by atoms with E-state index in [0.29, 0.717) is 10.8 Å². The van der Waals surface area contributed by atoms with Crippen LogP contribution < -0.4 is 0 Å². The maximum atomic E-state index is 12.4. The predicted octanol–water partition coefficient (Wildman–Crippen LogP) is 2.39. The number of likely N-dealkylation sites (tertiary alicyclic amines) is 1. The molecule has 0 N–H and O–H groups in total. The van der Waals surface area contributed by atoms with Crippen LogP contribution in [0.2, 0.25) is 5.02 Å². The number of piperidine rings is 1. The quantitative estimate of drug-likeness (QED) is 0.871. The van der Waals surface area contributed by atoms with E-state index in [1.807, 2.05) is 17.0 Å². The molecule has 2 heterocycles. The molecule has 1 aromatic heterocycles. The Morgan fingerprint density at radius 2 is 2.27 bits per heavy atom. The minimum Gasteiger partial charge on any atom is -0.338 e. The zero-order chi connectivity index (χ0) is 15.5. The number of benzene rings is 1. The summed E-state index contributed by atoms with van der Waals surface area (Å²) in [5.41, 5.74) is 0.789. The Morgan fingerprint density at radius 3 is 3.05 bits per heavy atom. The van der Waals surface area contributed by atoms with Gasteiger partial charge in [0, 0.05) is 23.2 Å². The summed E-state index contributed by atoms with van der Waals surface area (Å²) in [6, 6.07) is 7.55.